The lowest BCUT2D eigenvalue weighted by molar-refractivity contribution is 0.484. The first kappa shape index (κ1) is 15.5. The molecule has 0 aromatic heterocycles. The van der Waals surface area contributed by atoms with Crippen molar-refractivity contribution >= 4 is 19.7 Å². The molecule has 1 aromatic carbocycles. The molecule has 1 aliphatic heterocycles. The van der Waals surface area contributed by atoms with Crippen LogP contribution in [0.1, 0.15) is 13.8 Å². The minimum atomic E-state index is -3.65. The number of benzene rings is 1. The van der Waals surface area contributed by atoms with Gasteiger partial charge in [0.15, 0.2) is 19.7 Å². The lowest BCUT2D eigenvalue weighted by atomic mass is 10.2. The fourth-order valence-corrected chi connectivity index (χ4v) is 7.19. The molecule has 1 aromatic rings. The summed E-state index contributed by atoms with van der Waals surface area (Å²) in [6.45, 7) is 3.74. The molecule has 2 atom stereocenters. The molecule has 0 saturated carbocycles. The summed E-state index contributed by atoms with van der Waals surface area (Å²) in [5.74, 6) is -0.434. The molecule has 0 aliphatic carbocycles. The van der Waals surface area contributed by atoms with Crippen molar-refractivity contribution in [3.05, 3.63) is 30.3 Å². The second kappa shape index (κ2) is 5.46. The van der Waals surface area contributed by atoms with Crippen LogP contribution in [-0.2, 0) is 19.7 Å². The number of sulfone groups is 2. The van der Waals surface area contributed by atoms with Crippen molar-refractivity contribution in [3.63, 3.8) is 0 Å². The van der Waals surface area contributed by atoms with Crippen LogP contribution in [0.15, 0.2) is 35.2 Å². The van der Waals surface area contributed by atoms with E-state index >= 15 is 0 Å². The van der Waals surface area contributed by atoms with E-state index in [2.05, 4.69) is 5.32 Å². The van der Waals surface area contributed by atoms with E-state index in [1.54, 1.807) is 18.2 Å². The zero-order valence-corrected chi connectivity index (χ0v) is 13.1. The van der Waals surface area contributed by atoms with E-state index in [-0.39, 0.29) is 22.4 Å². The van der Waals surface area contributed by atoms with Crippen molar-refractivity contribution in [3.8, 4) is 0 Å². The summed E-state index contributed by atoms with van der Waals surface area (Å²) in [6.07, 6.45) is 0. The zero-order valence-electron chi connectivity index (χ0n) is 11.5. The highest BCUT2D eigenvalue weighted by atomic mass is 32.2. The van der Waals surface area contributed by atoms with Crippen LogP contribution in [0.4, 0.5) is 0 Å². The van der Waals surface area contributed by atoms with Crippen molar-refractivity contribution in [1.29, 1.82) is 0 Å². The van der Waals surface area contributed by atoms with Gasteiger partial charge < -0.3 is 5.32 Å². The van der Waals surface area contributed by atoms with Gasteiger partial charge in [-0.05, 0) is 12.1 Å². The second-order valence-electron chi connectivity index (χ2n) is 5.40. The van der Waals surface area contributed by atoms with E-state index in [0.717, 1.165) is 0 Å². The summed E-state index contributed by atoms with van der Waals surface area (Å²) in [7, 11) is -6.97. The summed E-state index contributed by atoms with van der Waals surface area (Å²) in [5.41, 5.74) is 0. The van der Waals surface area contributed by atoms with Crippen LogP contribution in [0, 0.1) is 0 Å². The van der Waals surface area contributed by atoms with Gasteiger partial charge >= 0.3 is 0 Å². The number of rotatable bonds is 4. The highest BCUT2D eigenvalue weighted by Gasteiger charge is 2.45. The molecule has 1 aliphatic rings. The molecule has 1 fully saturated rings. The molecule has 0 radical (unpaired) electrons. The van der Waals surface area contributed by atoms with Gasteiger partial charge in [0.1, 0.15) is 0 Å². The van der Waals surface area contributed by atoms with Crippen LogP contribution in [-0.4, -0.2) is 45.7 Å². The van der Waals surface area contributed by atoms with Crippen LogP contribution in [0.5, 0.6) is 0 Å². The van der Waals surface area contributed by atoms with E-state index in [1.165, 1.54) is 12.1 Å². The molecule has 7 heteroatoms. The fraction of sp³-hybridized carbons (Fsp3) is 0.538. The summed E-state index contributed by atoms with van der Waals surface area (Å²) in [4.78, 5) is 0.178. The highest BCUT2D eigenvalue weighted by molar-refractivity contribution is 7.96. The number of nitrogens with one attached hydrogen (secondary N) is 1. The standard InChI is InChI=1S/C13H19NO4S2/c1-10(2)14-12-8-19(15,16)9-13(12)20(17,18)11-6-4-3-5-7-11/h3-7,10,12-14H,8-9H2,1-2H3. The Balaban J connectivity index is 2.39. The van der Waals surface area contributed by atoms with Gasteiger partial charge in [0, 0.05) is 12.1 Å². The third-order valence-electron chi connectivity index (χ3n) is 3.32. The highest BCUT2D eigenvalue weighted by Crippen LogP contribution is 2.26. The monoisotopic (exact) mass is 317 g/mol. The molecule has 1 saturated heterocycles. The molecule has 2 rings (SSSR count). The first-order chi connectivity index (χ1) is 9.22. The zero-order chi connectivity index (χ0) is 15.0. The van der Waals surface area contributed by atoms with Crippen molar-refractivity contribution < 1.29 is 16.8 Å². The molecular weight excluding hydrogens is 298 g/mol. The first-order valence-corrected chi connectivity index (χ1v) is 9.84. The third kappa shape index (κ3) is 3.21. The lowest BCUT2D eigenvalue weighted by Crippen LogP contribution is -2.46. The maximum atomic E-state index is 12.6. The largest absolute Gasteiger partial charge is 0.309 e. The summed E-state index contributed by atoms with van der Waals surface area (Å²) < 4.78 is 48.8. The normalized spacial score (nSPS) is 25.9. The smallest absolute Gasteiger partial charge is 0.183 e. The summed E-state index contributed by atoms with van der Waals surface area (Å²) >= 11 is 0. The molecule has 0 amide bonds. The van der Waals surface area contributed by atoms with E-state index in [0.29, 0.717) is 0 Å². The number of hydrogen-bond donors (Lipinski definition) is 1. The Bertz CT molecular complexity index is 666. The maximum absolute atomic E-state index is 12.6. The van der Waals surface area contributed by atoms with Crippen molar-refractivity contribution in [2.45, 2.75) is 36.1 Å². The Hall–Kier alpha value is -0.920. The van der Waals surface area contributed by atoms with Gasteiger partial charge in [-0.3, -0.25) is 0 Å². The van der Waals surface area contributed by atoms with E-state index in [9.17, 15) is 16.8 Å². The molecule has 0 spiro atoms. The Labute approximate surface area is 120 Å². The second-order valence-corrected chi connectivity index (χ2v) is 9.72. The predicted octanol–water partition coefficient (Wildman–Crippen LogP) is 0.624. The van der Waals surface area contributed by atoms with Crippen molar-refractivity contribution in [2.24, 2.45) is 0 Å². The molecule has 2 unspecified atom stereocenters. The van der Waals surface area contributed by atoms with Crippen LogP contribution in [0.25, 0.3) is 0 Å². The Morgan fingerprint density at radius 2 is 1.75 bits per heavy atom. The van der Waals surface area contributed by atoms with E-state index < -0.39 is 31.0 Å². The SMILES string of the molecule is CC(C)NC1CS(=O)(=O)CC1S(=O)(=O)c1ccccc1. The molecule has 1 N–H and O–H groups in total. The minimum Gasteiger partial charge on any atom is -0.309 e. The summed E-state index contributed by atoms with van der Waals surface area (Å²) in [5, 5.41) is 2.15. The van der Waals surface area contributed by atoms with Crippen molar-refractivity contribution in [1.82, 2.24) is 5.32 Å². The van der Waals surface area contributed by atoms with Gasteiger partial charge in [-0.15, -0.1) is 0 Å². The van der Waals surface area contributed by atoms with Gasteiger partial charge in [0.05, 0.1) is 21.7 Å². The molecule has 112 valence electrons. The molecular formula is C13H19NO4S2. The van der Waals surface area contributed by atoms with E-state index in [1.807, 2.05) is 13.8 Å². The van der Waals surface area contributed by atoms with Crippen molar-refractivity contribution in [2.75, 3.05) is 11.5 Å². The van der Waals surface area contributed by atoms with Gasteiger partial charge in [0.25, 0.3) is 0 Å². The van der Waals surface area contributed by atoms with Gasteiger partial charge in [-0.2, -0.15) is 0 Å². The van der Waals surface area contributed by atoms with Crippen LogP contribution < -0.4 is 5.32 Å². The average Bonchev–Trinajstić information content (AvgIpc) is 2.65. The quantitative estimate of drug-likeness (QED) is 0.881. The third-order valence-corrected chi connectivity index (χ3v) is 7.48. The first-order valence-electron chi connectivity index (χ1n) is 6.48. The van der Waals surface area contributed by atoms with Gasteiger partial charge in [-0.25, -0.2) is 16.8 Å². The van der Waals surface area contributed by atoms with Gasteiger partial charge in [-0.1, -0.05) is 32.0 Å². The van der Waals surface area contributed by atoms with Crippen LogP contribution >= 0.6 is 0 Å². The summed E-state index contributed by atoms with van der Waals surface area (Å²) in [6, 6.07) is 7.50. The van der Waals surface area contributed by atoms with E-state index in [4.69, 9.17) is 0 Å². The lowest BCUT2D eigenvalue weighted by Gasteiger charge is -2.22. The average molecular weight is 317 g/mol. The van der Waals surface area contributed by atoms with Crippen LogP contribution in [0.3, 0.4) is 0 Å². The number of hydrogen-bond acceptors (Lipinski definition) is 5. The Kier molecular flexibility index (Phi) is 4.22. The van der Waals surface area contributed by atoms with Crippen LogP contribution in [0.2, 0.25) is 0 Å². The Morgan fingerprint density at radius 1 is 1.15 bits per heavy atom. The topological polar surface area (TPSA) is 80.3 Å². The van der Waals surface area contributed by atoms with Gasteiger partial charge in [0.2, 0.25) is 0 Å². The predicted molar refractivity (Wildman–Crippen MR) is 78.1 cm³/mol. The fourth-order valence-electron chi connectivity index (χ4n) is 2.49. The molecule has 20 heavy (non-hydrogen) atoms. The molecule has 1 heterocycles. The Morgan fingerprint density at radius 3 is 2.30 bits per heavy atom. The molecule has 5 nitrogen and oxygen atoms in total. The minimum absolute atomic E-state index is 0.0294. The molecule has 0 bridgehead atoms. The maximum Gasteiger partial charge on any atom is 0.183 e.